The van der Waals surface area contributed by atoms with Crippen LogP contribution in [0.3, 0.4) is 0 Å². The molecule has 8 aromatic rings. The number of amides is 1. The molecule has 0 aliphatic carbocycles. The summed E-state index contributed by atoms with van der Waals surface area (Å²) in [5, 5.41) is 52.2. The number of nitrogens with one attached hydrogen (secondary N) is 2. The number of fused-ring (bicyclic) bond motifs is 1. The van der Waals surface area contributed by atoms with E-state index in [0.717, 1.165) is 44.8 Å². The Morgan fingerprint density at radius 1 is 0.597 bits per heavy atom. The van der Waals surface area contributed by atoms with Crippen molar-refractivity contribution in [1.29, 1.82) is 0 Å². The number of carbonyl (C=O) groups excluding carboxylic acids is 3. The molecule has 330 valence electrons. The van der Waals surface area contributed by atoms with Gasteiger partial charge in [-0.1, -0.05) is 84.9 Å². The molecule has 2 unspecified atom stereocenters. The number of benzene rings is 6. The number of nitrogens with zero attached hydrogens (tertiary/aromatic N) is 4. The molecule has 1 aliphatic heterocycles. The average molecular weight is 922 g/mol. The van der Waals surface area contributed by atoms with Gasteiger partial charge in [0, 0.05) is 36.6 Å². The van der Waals surface area contributed by atoms with Crippen molar-refractivity contribution in [1.82, 2.24) is 19.7 Å². The third-order valence-electron chi connectivity index (χ3n) is 10.6. The van der Waals surface area contributed by atoms with E-state index >= 15 is 0 Å². The van der Waals surface area contributed by atoms with Gasteiger partial charge in [-0.15, -0.1) is 0 Å². The summed E-state index contributed by atoms with van der Waals surface area (Å²) in [6, 6.07) is 47.0. The van der Waals surface area contributed by atoms with Crippen molar-refractivity contribution in [3.63, 3.8) is 0 Å². The summed E-state index contributed by atoms with van der Waals surface area (Å²) < 4.78 is 1.67. The molecule has 7 N–H and O–H groups in total. The van der Waals surface area contributed by atoms with Crippen LogP contribution in [-0.2, 0) is 40.1 Å². The Hall–Kier alpha value is -7.61. The summed E-state index contributed by atoms with van der Waals surface area (Å²) in [7, 11) is 0. The molecule has 3 heterocycles. The van der Waals surface area contributed by atoms with E-state index < -0.39 is 0 Å². The Morgan fingerprint density at radius 2 is 1.07 bits per heavy atom. The molecular formula is C52H45CaN6O8+3. The van der Waals surface area contributed by atoms with Crippen LogP contribution in [-0.4, -0.2) is 114 Å². The first kappa shape index (κ1) is 48.8. The topological polar surface area (TPSA) is 221 Å². The number of carbonyl (C=O) groups is 1. The predicted molar refractivity (Wildman–Crippen MR) is 252 cm³/mol. The van der Waals surface area contributed by atoms with Crippen LogP contribution in [0.1, 0.15) is 39.2 Å². The van der Waals surface area contributed by atoms with Crippen LogP contribution < -0.4 is 10.3 Å². The molecule has 0 saturated carbocycles. The molecule has 14 nitrogen and oxygen atoms in total. The molecule has 0 saturated heterocycles. The third kappa shape index (κ3) is 13.5. The maximum atomic E-state index is 12.6. The fourth-order valence-corrected chi connectivity index (χ4v) is 7.29. The summed E-state index contributed by atoms with van der Waals surface area (Å²) in [5.41, 5.74) is 9.00. The normalized spacial score (nSPS) is 13.6. The molecule has 67 heavy (non-hydrogen) atoms. The third-order valence-corrected chi connectivity index (χ3v) is 10.6. The van der Waals surface area contributed by atoms with E-state index in [4.69, 9.17) is 24.5 Å². The summed E-state index contributed by atoms with van der Waals surface area (Å²) in [5.74, 6) is 0.685. The average Bonchev–Trinajstić information content (AvgIpc) is 3.64. The number of phenolic OH excluding ortho intramolecular Hbond substituents is 4. The number of imidazole rings is 1. The van der Waals surface area contributed by atoms with Crippen molar-refractivity contribution >= 4 is 67.4 Å². The monoisotopic (exact) mass is 921 g/mol. The number of aromatic hydroxyl groups is 5. The largest absolute Gasteiger partial charge is 2.00 e. The van der Waals surface area contributed by atoms with Gasteiger partial charge < -0.3 is 25.5 Å². The molecule has 0 spiro atoms. The van der Waals surface area contributed by atoms with Gasteiger partial charge in [0.2, 0.25) is 18.0 Å². The first-order valence-corrected chi connectivity index (χ1v) is 20.8. The van der Waals surface area contributed by atoms with Gasteiger partial charge >= 0.3 is 43.9 Å². The van der Waals surface area contributed by atoms with Gasteiger partial charge in [0.1, 0.15) is 40.4 Å². The zero-order chi connectivity index (χ0) is 46.4. The second-order valence-electron chi connectivity index (χ2n) is 15.3. The predicted octanol–water partition coefficient (Wildman–Crippen LogP) is 5.08. The second kappa shape index (κ2) is 23.5. The summed E-state index contributed by atoms with van der Waals surface area (Å²) >= 11 is 0. The minimum Gasteiger partial charge on any atom is -0.508 e. The van der Waals surface area contributed by atoms with Crippen LogP contribution in [0.25, 0.3) is 16.9 Å². The molecule has 2 aromatic heterocycles. The molecule has 0 fully saturated rings. The maximum Gasteiger partial charge on any atom is 2.00 e. The standard InChI is InChI=1S/C26H21N3O3.C25H23N3O3.CO2.Ca/c30-20-10-6-18(7-11-20)15-23-26(32)29-16-24(19-8-12-21(31)13-9-19)27-22(25(29)28-23)14-17-4-2-1-3-5-17;29-20-10-6-18(7-11-20)15-24(31)28-25-22(14-17-4-2-1-3-5-17)27-23(16-26-25)19-8-12-21(30)13-9-19;2-1-3;/h1-13,16,30-32H,14-15H2;1-13,16,22,25,29-30H,14-15H2,(H,28,31);;/q;;;+2/p+1. The maximum absolute atomic E-state index is 12.6. The fraction of sp³-hybridized carbons (Fsp3) is 0.115. The number of aromatic nitrogens is 3. The van der Waals surface area contributed by atoms with Gasteiger partial charge in [-0.05, 0) is 95.1 Å². The Labute approximate surface area is 415 Å². The Kier molecular flexibility index (Phi) is 17.2. The summed E-state index contributed by atoms with van der Waals surface area (Å²) in [6.45, 7) is 0. The molecule has 1 amide bonds. The Bertz CT molecular complexity index is 2980. The molecule has 0 bridgehead atoms. The van der Waals surface area contributed by atoms with Gasteiger partial charge in [0.05, 0.1) is 17.8 Å². The number of rotatable bonds is 11. The van der Waals surface area contributed by atoms with Crippen LogP contribution in [0.2, 0.25) is 0 Å². The van der Waals surface area contributed by atoms with E-state index in [9.17, 15) is 30.3 Å². The van der Waals surface area contributed by atoms with E-state index in [-0.39, 0.29) is 97.3 Å². The number of hydrogen-bond acceptors (Lipinski definition) is 11. The van der Waals surface area contributed by atoms with E-state index in [2.05, 4.69) is 10.3 Å². The van der Waals surface area contributed by atoms with Crippen LogP contribution in [0.4, 0.5) is 0 Å². The zero-order valence-electron chi connectivity index (χ0n) is 36.1. The minimum atomic E-state index is -0.356. The summed E-state index contributed by atoms with van der Waals surface area (Å²) in [4.78, 5) is 46.7. The van der Waals surface area contributed by atoms with E-state index in [1.165, 1.54) is 0 Å². The number of aliphatic imine (C=N–C) groups is 1. The van der Waals surface area contributed by atoms with Gasteiger partial charge in [-0.3, -0.25) is 19.5 Å². The van der Waals surface area contributed by atoms with Crippen LogP contribution >= 0.6 is 0 Å². The van der Waals surface area contributed by atoms with Gasteiger partial charge in [0.25, 0.3) is 0 Å². The molecular weight excluding hydrogens is 877 g/mol. The first-order valence-electron chi connectivity index (χ1n) is 20.8. The van der Waals surface area contributed by atoms with Crippen molar-refractivity contribution in [2.24, 2.45) is 4.99 Å². The fourth-order valence-electron chi connectivity index (χ4n) is 7.29. The zero-order valence-corrected chi connectivity index (χ0v) is 38.3. The van der Waals surface area contributed by atoms with Crippen molar-refractivity contribution in [3.8, 4) is 40.1 Å². The van der Waals surface area contributed by atoms with Gasteiger partial charge in [-0.2, -0.15) is 9.59 Å². The van der Waals surface area contributed by atoms with Crippen LogP contribution in [0.15, 0.2) is 169 Å². The smallest absolute Gasteiger partial charge is 0.508 e. The number of hydrogen-bond donors (Lipinski definition) is 7. The molecule has 0 radical (unpaired) electrons. The molecule has 1 aliphatic rings. The van der Waals surface area contributed by atoms with E-state index in [1.54, 1.807) is 89.6 Å². The Balaban J connectivity index is 0.000000206. The van der Waals surface area contributed by atoms with Crippen molar-refractivity contribution in [3.05, 3.63) is 203 Å². The number of phenols is 4. The molecule has 15 heteroatoms. The molecule has 9 rings (SSSR count). The minimum absolute atomic E-state index is 0. The van der Waals surface area contributed by atoms with Crippen molar-refractivity contribution in [2.75, 3.05) is 0 Å². The summed E-state index contributed by atoms with van der Waals surface area (Å²) in [6.07, 6.45) is 5.31. The van der Waals surface area contributed by atoms with E-state index in [1.807, 2.05) is 84.9 Å². The van der Waals surface area contributed by atoms with E-state index in [0.29, 0.717) is 36.3 Å². The van der Waals surface area contributed by atoms with Gasteiger partial charge in [0.15, 0.2) is 11.9 Å². The Morgan fingerprint density at radius 3 is 1.64 bits per heavy atom. The van der Waals surface area contributed by atoms with Crippen LogP contribution in [0.5, 0.6) is 28.9 Å². The van der Waals surface area contributed by atoms with Crippen molar-refractivity contribution in [2.45, 2.75) is 37.9 Å². The van der Waals surface area contributed by atoms with Crippen molar-refractivity contribution < 1.29 is 44.9 Å². The molecule has 6 aromatic carbocycles. The molecule has 2 atom stereocenters. The quantitative estimate of drug-likeness (QED) is 0.0854. The van der Waals surface area contributed by atoms with Gasteiger partial charge in [-0.25, -0.2) is 15.0 Å². The SMILES string of the molecule is O=C(Cc1ccc(O)cc1)NC1[NH+]=CC(c2ccc(O)cc2)=NC1Cc1ccccc1.O=C=O.Oc1ccc(Cc2nc3c(Cc4ccccc4)nc(-c4ccc(O)cc4)cn3c2O)cc1.[Ca+2]. The first-order chi connectivity index (χ1) is 32.0. The van der Waals surface area contributed by atoms with Crippen LogP contribution in [0, 0.1) is 0 Å². The second-order valence-corrected chi connectivity index (χ2v) is 15.3.